The van der Waals surface area contributed by atoms with Gasteiger partial charge in [0.15, 0.2) is 0 Å². The molecule has 0 N–H and O–H groups in total. The smallest absolute Gasteiger partial charge is 0.0392 e. The van der Waals surface area contributed by atoms with Crippen LogP contribution in [-0.4, -0.2) is 26.4 Å². The predicted molar refractivity (Wildman–Crippen MR) is 72.8 cm³/mol. The van der Waals surface area contributed by atoms with Crippen molar-refractivity contribution < 1.29 is 0 Å². The monoisotopic (exact) mass is 218 g/mol. The zero-order valence-electron chi connectivity index (χ0n) is 10.8. The zero-order valence-corrected chi connectivity index (χ0v) is 10.8. The van der Waals surface area contributed by atoms with E-state index in [0.717, 1.165) is 12.3 Å². The van der Waals surface area contributed by atoms with Crippen LogP contribution in [0.2, 0.25) is 0 Å². The maximum Gasteiger partial charge on any atom is 0.0392 e. The van der Waals surface area contributed by atoms with Gasteiger partial charge in [0.2, 0.25) is 0 Å². The molecule has 16 heavy (non-hydrogen) atoms. The van der Waals surface area contributed by atoms with Gasteiger partial charge in [-0.25, -0.2) is 0 Å². The molecule has 0 atom stereocenters. The molecule has 2 heteroatoms. The van der Waals surface area contributed by atoms with Gasteiger partial charge in [0, 0.05) is 32.0 Å². The SMILES string of the molecule is CCCCN=C(C)c1ccc(N(C)C)cc1. The number of rotatable bonds is 5. The minimum absolute atomic E-state index is 0.942. The summed E-state index contributed by atoms with van der Waals surface area (Å²) in [6, 6.07) is 8.54. The van der Waals surface area contributed by atoms with Gasteiger partial charge in [0.1, 0.15) is 0 Å². The lowest BCUT2D eigenvalue weighted by Gasteiger charge is -2.12. The van der Waals surface area contributed by atoms with E-state index in [0.29, 0.717) is 0 Å². The molecule has 0 unspecified atom stereocenters. The number of benzene rings is 1. The Morgan fingerprint density at radius 3 is 2.31 bits per heavy atom. The van der Waals surface area contributed by atoms with Crippen LogP contribution < -0.4 is 4.90 Å². The molecule has 2 nitrogen and oxygen atoms in total. The van der Waals surface area contributed by atoms with E-state index in [1.165, 1.54) is 24.1 Å². The summed E-state index contributed by atoms with van der Waals surface area (Å²) in [6.07, 6.45) is 2.38. The van der Waals surface area contributed by atoms with Crippen molar-refractivity contribution in [1.82, 2.24) is 0 Å². The van der Waals surface area contributed by atoms with Crippen LogP contribution in [0.25, 0.3) is 0 Å². The Labute approximate surface area is 99.0 Å². The van der Waals surface area contributed by atoms with Crippen LogP contribution >= 0.6 is 0 Å². The molecule has 0 heterocycles. The standard InChI is InChI=1S/C14H22N2/c1-5-6-11-15-12(2)13-7-9-14(10-8-13)16(3)4/h7-10H,5-6,11H2,1-4H3. The molecule has 0 fully saturated rings. The van der Waals surface area contributed by atoms with E-state index in [1.807, 2.05) is 0 Å². The van der Waals surface area contributed by atoms with E-state index in [9.17, 15) is 0 Å². The summed E-state index contributed by atoms with van der Waals surface area (Å²) in [5.74, 6) is 0. The second-order valence-electron chi connectivity index (χ2n) is 4.26. The van der Waals surface area contributed by atoms with Crippen LogP contribution in [0.4, 0.5) is 5.69 Å². The molecule has 0 bridgehead atoms. The van der Waals surface area contributed by atoms with Crippen LogP contribution in [0.3, 0.4) is 0 Å². The Morgan fingerprint density at radius 2 is 1.81 bits per heavy atom. The van der Waals surface area contributed by atoms with Crippen molar-refractivity contribution in [3.63, 3.8) is 0 Å². The normalized spacial score (nSPS) is 11.6. The third-order valence-electron chi connectivity index (χ3n) is 2.66. The van der Waals surface area contributed by atoms with Crippen molar-refractivity contribution in [3.05, 3.63) is 29.8 Å². The zero-order chi connectivity index (χ0) is 12.0. The summed E-state index contributed by atoms with van der Waals surface area (Å²) in [5, 5.41) is 0. The fraction of sp³-hybridized carbons (Fsp3) is 0.500. The topological polar surface area (TPSA) is 15.6 Å². The molecular formula is C14H22N2. The number of nitrogens with zero attached hydrogens (tertiary/aromatic N) is 2. The van der Waals surface area contributed by atoms with Crippen LogP contribution in [0.1, 0.15) is 32.3 Å². The molecule has 1 rings (SSSR count). The number of aliphatic imine (C=N–C) groups is 1. The fourth-order valence-corrected chi connectivity index (χ4v) is 1.50. The van der Waals surface area contributed by atoms with Crippen molar-refractivity contribution in [3.8, 4) is 0 Å². The van der Waals surface area contributed by atoms with Gasteiger partial charge in [0.05, 0.1) is 0 Å². The number of hydrogen-bond acceptors (Lipinski definition) is 2. The van der Waals surface area contributed by atoms with Crippen LogP contribution in [-0.2, 0) is 0 Å². The van der Waals surface area contributed by atoms with Crippen molar-refractivity contribution in [2.75, 3.05) is 25.5 Å². The first kappa shape index (κ1) is 12.8. The first-order chi connectivity index (χ1) is 7.65. The first-order valence-corrected chi connectivity index (χ1v) is 5.94. The van der Waals surface area contributed by atoms with Crippen LogP contribution in [0.5, 0.6) is 0 Å². The van der Waals surface area contributed by atoms with E-state index < -0.39 is 0 Å². The molecule has 1 aromatic rings. The molecule has 0 radical (unpaired) electrons. The van der Waals surface area contributed by atoms with Crippen molar-refractivity contribution >= 4 is 11.4 Å². The van der Waals surface area contributed by atoms with Crippen LogP contribution in [0.15, 0.2) is 29.3 Å². The quantitative estimate of drug-likeness (QED) is 0.546. The highest BCUT2D eigenvalue weighted by molar-refractivity contribution is 5.98. The molecule has 0 aliphatic heterocycles. The summed E-state index contributed by atoms with van der Waals surface area (Å²) in [5.41, 5.74) is 3.59. The van der Waals surface area contributed by atoms with Crippen molar-refractivity contribution in [2.24, 2.45) is 4.99 Å². The average molecular weight is 218 g/mol. The van der Waals surface area contributed by atoms with Gasteiger partial charge in [-0.3, -0.25) is 4.99 Å². The molecular weight excluding hydrogens is 196 g/mol. The van der Waals surface area contributed by atoms with Crippen molar-refractivity contribution in [2.45, 2.75) is 26.7 Å². The molecule has 0 saturated heterocycles. The van der Waals surface area contributed by atoms with E-state index in [-0.39, 0.29) is 0 Å². The van der Waals surface area contributed by atoms with Crippen molar-refractivity contribution in [1.29, 1.82) is 0 Å². The molecule has 88 valence electrons. The third-order valence-corrected chi connectivity index (χ3v) is 2.66. The van der Waals surface area contributed by atoms with E-state index in [2.05, 4.69) is 62.1 Å². The van der Waals surface area contributed by atoms with Gasteiger partial charge in [0.25, 0.3) is 0 Å². The van der Waals surface area contributed by atoms with E-state index in [1.54, 1.807) is 0 Å². The second-order valence-corrected chi connectivity index (χ2v) is 4.26. The summed E-state index contributed by atoms with van der Waals surface area (Å²) >= 11 is 0. The van der Waals surface area contributed by atoms with E-state index in [4.69, 9.17) is 0 Å². The van der Waals surface area contributed by atoms with Gasteiger partial charge in [-0.05, 0) is 31.0 Å². The Kier molecular flexibility index (Phi) is 5.03. The van der Waals surface area contributed by atoms with Gasteiger partial charge >= 0.3 is 0 Å². The first-order valence-electron chi connectivity index (χ1n) is 5.94. The lowest BCUT2D eigenvalue weighted by molar-refractivity contribution is 0.808. The number of hydrogen-bond donors (Lipinski definition) is 0. The summed E-state index contributed by atoms with van der Waals surface area (Å²) in [4.78, 5) is 6.67. The lowest BCUT2D eigenvalue weighted by atomic mass is 10.1. The molecule has 0 aliphatic carbocycles. The second kappa shape index (κ2) is 6.31. The predicted octanol–water partition coefficient (Wildman–Crippen LogP) is 3.36. The lowest BCUT2D eigenvalue weighted by Crippen LogP contribution is -2.08. The Balaban J connectivity index is 2.69. The summed E-state index contributed by atoms with van der Waals surface area (Å²) in [6.45, 7) is 5.22. The molecule has 0 aliphatic rings. The number of unbranched alkanes of at least 4 members (excludes halogenated alkanes) is 1. The largest absolute Gasteiger partial charge is 0.378 e. The average Bonchev–Trinajstić information content (AvgIpc) is 2.29. The van der Waals surface area contributed by atoms with Gasteiger partial charge in [-0.1, -0.05) is 25.5 Å². The molecule has 0 spiro atoms. The fourth-order valence-electron chi connectivity index (χ4n) is 1.50. The Morgan fingerprint density at radius 1 is 1.19 bits per heavy atom. The third kappa shape index (κ3) is 3.69. The maximum absolute atomic E-state index is 4.56. The van der Waals surface area contributed by atoms with Gasteiger partial charge in [-0.15, -0.1) is 0 Å². The minimum Gasteiger partial charge on any atom is -0.378 e. The Bertz CT molecular complexity index is 336. The minimum atomic E-state index is 0.942. The highest BCUT2D eigenvalue weighted by Crippen LogP contribution is 2.12. The molecule has 0 aromatic heterocycles. The van der Waals surface area contributed by atoms with Crippen LogP contribution in [0, 0.1) is 0 Å². The highest BCUT2D eigenvalue weighted by atomic mass is 15.1. The molecule has 1 aromatic carbocycles. The van der Waals surface area contributed by atoms with Gasteiger partial charge in [-0.2, -0.15) is 0 Å². The van der Waals surface area contributed by atoms with Gasteiger partial charge < -0.3 is 4.90 Å². The summed E-state index contributed by atoms with van der Waals surface area (Å²) in [7, 11) is 4.11. The Hall–Kier alpha value is -1.31. The van der Waals surface area contributed by atoms with E-state index >= 15 is 0 Å². The molecule has 0 amide bonds. The summed E-state index contributed by atoms with van der Waals surface area (Å²) < 4.78 is 0. The number of anilines is 1. The molecule has 0 saturated carbocycles. The highest BCUT2D eigenvalue weighted by Gasteiger charge is 1.98. The maximum atomic E-state index is 4.56.